The maximum atomic E-state index is 12.5. The van der Waals surface area contributed by atoms with E-state index in [0.29, 0.717) is 43.5 Å². The van der Waals surface area contributed by atoms with Gasteiger partial charge in [-0.1, -0.05) is 13.8 Å². The lowest BCUT2D eigenvalue weighted by Crippen LogP contribution is -2.39. The summed E-state index contributed by atoms with van der Waals surface area (Å²) in [7, 11) is -3.30. The molecule has 1 amide bonds. The maximum absolute atomic E-state index is 12.5. The summed E-state index contributed by atoms with van der Waals surface area (Å²) in [5, 5.41) is 0. The smallest absolute Gasteiger partial charge is 0.228 e. The molecule has 3 heterocycles. The first-order valence-corrected chi connectivity index (χ1v) is 11.5. The molecule has 150 valence electrons. The molecule has 3 rings (SSSR count). The quantitative estimate of drug-likeness (QED) is 0.740. The van der Waals surface area contributed by atoms with E-state index in [0.717, 1.165) is 30.5 Å². The van der Waals surface area contributed by atoms with Crippen molar-refractivity contribution < 1.29 is 13.2 Å². The van der Waals surface area contributed by atoms with Crippen LogP contribution in [0.2, 0.25) is 0 Å². The van der Waals surface area contributed by atoms with E-state index < -0.39 is 10.0 Å². The number of hydrogen-bond donors (Lipinski definition) is 0. The zero-order valence-corrected chi connectivity index (χ0v) is 17.5. The molecule has 0 aliphatic carbocycles. The van der Waals surface area contributed by atoms with E-state index in [9.17, 15) is 13.2 Å². The average Bonchev–Trinajstić information content (AvgIpc) is 3.11. The second-order valence-corrected chi connectivity index (χ2v) is 10.1. The molecule has 0 radical (unpaired) electrons. The molecule has 0 N–H and O–H groups in total. The van der Waals surface area contributed by atoms with Crippen molar-refractivity contribution in [1.29, 1.82) is 0 Å². The Morgan fingerprint density at radius 1 is 1.22 bits per heavy atom. The van der Waals surface area contributed by atoms with Crippen LogP contribution >= 0.6 is 0 Å². The van der Waals surface area contributed by atoms with Gasteiger partial charge in [-0.3, -0.25) is 9.69 Å². The first-order chi connectivity index (χ1) is 12.7. The number of amides is 1. The molecule has 0 unspecified atom stereocenters. The third-order valence-corrected chi connectivity index (χ3v) is 7.39. The number of hydrogen-bond acceptors (Lipinski definition) is 5. The van der Waals surface area contributed by atoms with Gasteiger partial charge in [0.1, 0.15) is 11.6 Å². The fraction of sp³-hybridized carbons (Fsp3) is 0.737. The van der Waals surface area contributed by atoms with Crippen molar-refractivity contribution in [3.63, 3.8) is 0 Å². The van der Waals surface area contributed by atoms with Gasteiger partial charge in [0.25, 0.3) is 0 Å². The molecular weight excluding hydrogens is 364 g/mol. The largest absolute Gasteiger partial charge is 0.296 e. The predicted molar refractivity (Wildman–Crippen MR) is 105 cm³/mol. The zero-order chi connectivity index (χ0) is 19.8. The third-order valence-electron chi connectivity index (χ3n) is 5.51. The number of aryl methyl sites for hydroxylation is 1. The normalized spacial score (nSPS) is 21.1. The molecule has 1 atom stereocenters. The summed E-state index contributed by atoms with van der Waals surface area (Å²) in [5.74, 6) is 1.88. The van der Waals surface area contributed by atoms with Crippen LogP contribution in [0.3, 0.4) is 0 Å². The van der Waals surface area contributed by atoms with E-state index in [1.807, 2.05) is 6.92 Å². The highest BCUT2D eigenvalue weighted by molar-refractivity contribution is 7.89. The Labute approximate surface area is 162 Å². The van der Waals surface area contributed by atoms with Crippen LogP contribution in [0.4, 0.5) is 5.82 Å². The molecule has 7 nitrogen and oxygen atoms in total. The molecule has 0 aromatic carbocycles. The van der Waals surface area contributed by atoms with Crippen molar-refractivity contribution in [2.75, 3.05) is 23.7 Å². The van der Waals surface area contributed by atoms with E-state index in [4.69, 9.17) is 4.98 Å². The van der Waals surface area contributed by atoms with Gasteiger partial charge in [-0.25, -0.2) is 18.4 Å². The molecule has 1 aromatic heterocycles. The van der Waals surface area contributed by atoms with Gasteiger partial charge in [0.05, 0.1) is 11.8 Å². The number of anilines is 1. The zero-order valence-electron chi connectivity index (χ0n) is 16.7. The topological polar surface area (TPSA) is 83.5 Å². The van der Waals surface area contributed by atoms with Crippen molar-refractivity contribution in [2.45, 2.75) is 65.8 Å². The molecule has 8 heteroatoms. The third kappa shape index (κ3) is 4.01. The fourth-order valence-electron chi connectivity index (χ4n) is 3.87. The lowest BCUT2D eigenvalue weighted by molar-refractivity contribution is -0.119. The molecule has 0 spiro atoms. The standard InChI is InChI=1S/C19H30N4O3S/c1-5-27(25,26)23-11-6-7-16(23)18-20-14(4)15-8-9-17(24)22(19(15)21-18)12-10-13(2)3/h13,16H,5-12H2,1-4H3/t16-/m1/s1. The van der Waals surface area contributed by atoms with E-state index >= 15 is 0 Å². The van der Waals surface area contributed by atoms with E-state index in [1.165, 1.54) is 4.31 Å². The summed E-state index contributed by atoms with van der Waals surface area (Å²) in [6.45, 7) is 9.03. The lowest BCUT2D eigenvalue weighted by atomic mass is 10.0. The number of sulfonamides is 1. The van der Waals surface area contributed by atoms with Crippen LogP contribution in [-0.4, -0.2) is 47.4 Å². The van der Waals surface area contributed by atoms with Crippen LogP contribution in [0.1, 0.15) is 69.6 Å². The Balaban J connectivity index is 2.00. The van der Waals surface area contributed by atoms with Gasteiger partial charge >= 0.3 is 0 Å². The van der Waals surface area contributed by atoms with Crippen LogP contribution in [-0.2, 0) is 21.2 Å². The highest BCUT2D eigenvalue weighted by atomic mass is 32.2. The van der Waals surface area contributed by atoms with Crippen molar-refractivity contribution in [3.8, 4) is 0 Å². The van der Waals surface area contributed by atoms with Gasteiger partial charge < -0.3 is 0 Å². The predicted octanol–water partition coefficient (Wildman–Crippen LogP) is 2.60. The summed E-state index contributed by atoms with van der Waals surface area (Å²) in [5.41, 5.74) is 1.88. The highest BCUT2D eigenvalue weighted by Gasteiger charge is 2.37. The van der Waals surface area contributed by atoms with Gasteiger partial charge in [0.2, 0.25) is 15.9 Å². The Bertz CT molecular complexity index is 822. The molecule has 2 aliphatic rings. The summed E-state index contributed by atoms with van der Waals surface area (Å²) >= 11 is 0. The van der Waals surface area contributed by atoms with Crippen LogP contribution in [0.15, 0.2) is 0 Å². The van der Waals surface area contributed by atoms with Crippen molar-refractivity contribution in [1.82, 2.24) is 14.3 Å². The highest BCUT2D eigenvalue weighted by Crippen LogP contribution is 2.36. The second-order valence-electron chi connectivity index (χ2n) is 7.87. The van der Waals surface area contributed by atoms with E-state index in [-0.39, 0.29) is 17.7 Å². The Kier molecular flexibility index (Phi) is 5.86. The van der Waals surface area contributed by atoms with E-state index in [1.54, 1.807) is 11.8 Å². The summed E-state index contributed by atoms with van der Waals surface area (Å²) in [4.78, 5) is 23.7. The summed E-state index contributed by atoms with van der Waals surface area (Å²) in [6.07, 6.45) is 3.56. The molecule has 1 aromatic rings. The Morgan fingerprint density at radius 2 is 1.96 bits per heavy atom. The minimum Gasteiger partial charge on any atom is -0.296 e. The average molecular weight is 395 g/mol. The van der Waals surface area contributed by atoms with Crippen LogP contribution in [0.5, 0.6) is 0 Å². The Hall–Kier alpha value is -1.54. The van der Waals surface area contributed by atoms with Gasteiger partial charge in [-0.2, -0.15) is 4.31 Å². The van der Waals surface area contributed by atoms with Gasteiger partial charge in [-0.05, 0) is 45.4 Å². The van der Waals surface area contributed by atoms with Gasteiger partial charge in [-0.15, -0.1) is 0 Å². The first-order valence-electron chi connectivity index (χ1n) is 9.92. The number of carbonyl (C=O) groups excluding carboxylic acids is 1. The molecule has 1 saturated heterocycles. The Morgan fingerprint density at radius 3 is 2.63 bits per heavy atom. The molecule has 27 heavy (non-hydrogen) atoms. The molecule has 0 bridgehead atoms. The van der Waals surface area contributed by atoms with Crippen LogP contribution < -0.4 is 4.90 Å². The van der Waals surface area contributed by atoms with Crippen LogP contribution in [0.25, 0.3) is 0 Å². The van der Waals surface area contributed by atoms with E-state index in [2.05, 4.69) is 18.8 Å². The molecular formula is C19H30N4O3S. The number of fused-ring (bicyclic) bond motifs is 1. The molecule has 2 aliphatic heterocycles. The number of rotatable bonds is 6. The van der Waals surface area contributed by atoms with Gasteiger partial charge in [0, 0.05) is 30.8 Å². The first kappa shape index (κ1) is 20.2. The minimum atomic E-state index is -3.30. The number of aromatic nitrogens is 2. The van der Waals surface area contributed by atoms with Crippen molar-refractivity contribution in [3.05, 3.63) is 17.1 Å². The second kappa shape index (κ2) is 7.83. The van der Waals surface area contributed by atoms with Crippen LogP contribution in [0, 0.1) is 12.8 Å². The fourth-order valence-corrected chi connectivity index (χ4v) is 5.19. The lowest BCUT2D eigenvalue weighted by Gasteiger charge is -2.31. The maximum Gasteiger partial charge on any atom is 0.228 e. The minimum absolute atomic E-state index is 0.0758. The van der Waals surface area contributed by atoms with Gasteiger partial charge in [0.15, 0.2) is 0 Å². The number of nitrogens with zero attached hydrogens (tertiary/aromatic N) is 4. The summed E-state index contributed by atoms with van der Waals surface area (Å²) < 4.78 is 26.5. The monoisotopic (exact) mass is 394 g/mol. The molecule has 1 fully saturated rings. The number of carbonyl (C=O) groups is 1. The summed E-state index contributed by atoms with van der Waals surface area (Å²) in [6, 6.07) is -0.331. The van der Waals surface area contributed by atoms with Crippen molar-refractivity contribution >= 4 is 21.7 Å². The molecule has 0 saturated carbocycles. The SMILES string of the molecule is CCS(=O)(=O)N1CCC[C@@H]1c1nc(C)c2c(n1)N(CCC(C)C)C(=O)CC2. The van der Waals surface area contributed by atoms with Crippen molar-refractivity contribution in [2.24, 2.45) is 5.92 Å².